The molecule has 3 aromatic rings. The molecule has 0 aliphatic heterocycles. The predicted molar refractivity (Wildman–Crippen MR) is 113 cm³/mol. The van der Waals surface area contributed by atoms with E-state index in [1.807, 2.05) is 6.07 Å². The molecule has 1 heterocycles. The van der Waals surface area contributed by atoms with E-state index in [2.05, 4.69) is 10.3 Å². The third-order valence-electron chi connectivity index (χ3n) is 4.29. The van der Waals surface area contributed by atoms with Crippen molar-refractivity contribution >= 4 is 27.7 Å². The van der Waals surface area contributed by atoms with Gasteiger partial charge in [0.2, 0.25) is 10.0 Å². The van der Waals surface area contributed by atoms with E-state index >= 15 is 0 Å². The van der Waals surface area contributed by atoms with Crippen LogP contribution in [0.2, 0.25) is 0 Å². The lowest BCUT2D eigenvalue weighted by atomic mass is 9.96. The molecule has 0 fully saturated rings. The van der Waals surface area contributed by atoms with Crippen LogP contribution in [-0.4, -0.2) is 30.2 Å². The molecule has 0 radical (unpaired) electrons. The minimum absolute atomic E-state index is 0.0307. The number of primary sulfonamides is 1. The van der Waals surface area contributed by atoms with Crippen LogP contribution in [0.25, 0.3) is 0 Å². The maximum absolute atomic E-state index is 11.5. The fraction of sp³-hybridized carbons (Fsp3) is 0.0500. The lowest BCUT2D eigenvalue weighted by Crippen LogP contribution is -2.20. The molecule has 0 aliphatic carbocycles. The van der Waals surface area contributed by atoms with Gasteiger partial charge in [-0.3, -0.25) is 10.7 Å². The highest BCUT2D eigenvalue weighted by atomic mass is 32.2. The third kappa shape index (κ3) is 5.35. The Morgan fingerprint density at radius 3 is 2.32 bits per heavy atom. The first kappa shape index (κ1) is 21.7. The third-order valence-corrected chi connectivity index (χ3v) is 5.22. The Bertz CT molecular complexity index is 1250. The van der Waals surface area contributed by atoms with Crippen LogP contribution in [0, 0.1) is 5.41 Å². The van der Waals surface area contributed by atoms with Gasteiger partial charge in [-0.15, -0.1) is 0 Å². The van der Waals surface area contributed by atoms with Gasteiger partial charge in [0.1, 0.15) is 12.1 Å². The Balaban J connectivity index is 1.96. The minimum atomic E-state index is -3.83. The van der Waals surface area contributed by atoms with Gasteiger partial charge in [0.15, 0.2) is 5.69 Å². The van der Waals surface area contributed by atoms with Crippen molar-refractivity contribution in [2.24, 2.45) is 10.9 Å². The number of rotatable bonds is 8. The Labute approximate surface area is 177 Å². The maximum atomic E-state index is 11.5. The number of carboxylic acid groups (broad SMARTS) is 1. The number of carboxylic acids is 1. The van der Waals surface area contributed by atoms with Crippen molar-refractivity contribution in [2.45, 2.75) is 11.3 Å². The summed E-state index contributed by atoms with van der Waals surface area (Å²) in [6.07, 6.45) is 1.13. The second-order valence-corrected chi connectivity index (χ2v) is 8.03. The van der Waals surface area contributed by atoms with Gasteiger partial charge < -0.3 is 15.3 Å². The topological polar surface area (TPSA) is 185 Å². The van der Waals surface area contributed by atoms with Crippen LogP contribution in [0.5, 0.6) is 0 Å². The van der Waals surface area contributed by atoms with Crippen LogP contribution in [0.3, 0.4) is 0 Å². The lowest BCUT2D eigenvalue weighted by Gasteiger charge is -2.14. The van der Waals surface area contributed by atoms with Gasteiger partial charge in [-0.25, -0.2) is 18.4 Å². The molecule has 3 rings (SSSR count). The number of carbonyl (C=O) groups is 1. The highest BCUT2D eigenvalue weighted by Crippen LogP contribution is 2.19. The van der Waals surface area contributed by atoms with Crippen molar-refractivity contribution in [2.75, 3.05) is 5.32 Å². The van der Waals surface area contributed by atoms with Crippen LogP contribution < -0.4 is 16.2 Å². The second-order valence-electron chi connectivity index (χ2n) is 6.47. The number of aromatic carboxylic acids is 1. The highest BCUT2D eigenvalue weighted by molar-refractivity contribution is 7.89. The maximum Gasteiger partial charge on any atom is 0.357 e. The van der Waals surface area contributed by atoms with Gasteiger partial charge >= 0.3 is 12.0 Å². The summed E-state index contributed by atoms with van der Waals surface area (Å²) < 4.78 is 28.0. The van der Waals surface area contributed by atoms with Crippen LogP contribution in [-0.2, 0) is 16.4 Å². The highest BCUT2D eigenvalue weighted by Gasteiger charge is 2.17. The molecular weight excluding hydrogens is 422 g/mol. The molecule has 10 nitrogen and oxygen atoms in total. The van der Waals surface area contributed by atoms with E-state index in [0.29, 0.717) is 16.7 Å². The summed E-state index contributed by atoms with van der Waals surface area (Å²) in [5, 5.41) is 25.4. The van der Waals surface area contributed by atoms with Gasteiger partial charge in [-0.2, -0.15) is 4.98 Å². The molecule has 0 atom stereocenters. The van der Waals surface area contributed by atoms with E-state index in [1.54, 1.807) is 36.4 Å². The number of benzene rings is 2. The molecule has 0 bridgehead atoms. The largest absolute Gasteiger partial charge is 0.476 e. The average Bonchev–Trinajstić information content (AvgIpc) is 3.20. The first-order valence-corrected chi connectivity index (χ1v) is 10.4. The molecule has 0 spiro atoms. The molecule has 0 aliphatic rings. The van der Waals surface area contributed by atoms with Crippen molar-refractivity contribution in [1.82, 2.24) is 4.98 Å². The lowest BCUT2D eigenvalue weighted by molar-refractivity contribution is 0.0690. The SMILES string of the molecule is N=C(/C(Cc1ccc(S(N)(=O)=O)cc1)=C(/N)Nc1nc(C(=O)O)co1)c1ccccc1. The number of hydrogen-bond donors (Lipinski definition) is 5. The van der Waals surface area contributed by atoms with Crippen LogP contribution in [0.15, 0.2) is 81.6 Å². The zero-order chi connectivity index (χ0) is 22.6. The Hall–Kier alpha value is -3.96. The number of allylic oxidation sites excluding steroid dienone is 1. The van der Waals surface area contributed by atoms with Gasteiger partial charge in [0.05, 0.1) is 10.6 Å². The van der Waals surface area contributed by atoms with E-state index < -0.39 is 16.0 Å². The fourth-order valence-electron chi connectivity index (χ4n) is 2.72. The summed E-state index contributed by atoms with van der Waals surface area (Å²) >= 11 is 0. The number of sulfonamides is 1. The molecule has 1 aromatic heterocycles. The van der Waals surface area contributed by atoms with Crippen molar-refractivity contribution in [3.05, 3.63) is 89.1 Å². The van der Waals surface area contributed by atoms with Crippen molar-refractivity contribution < 1.29 is 22.7 Å². The zero-order valence-corrected chi connectivity index (χ0v) is 16.9. The second kappa shape index (κ2) is 8.81. The molecule has 11 heteroatoms. The monoisotopic (exact) mass is 441 g/mol. The molecule has 0 unspecified atom stereocenters. The molecule has 160 valence electrons. The van der Waals surface area contributed by atoms with Crippen LogP contribution >= 0.6 is 0 Å². The number of aromatic nitrogens is 1. The van der Waals surface area contributed by atoms with E-state index in [4.69, 9.17) is 25.8 Å². The summed E-state index contributed by atoms with van der Waals surface area (Å²) in [6, 6.07) is 14.6. The molecule has 0 amide bonds. The molecule has 31 heavy (non-hydrogen) atoms. The molecular formula is C20H19N5O5S. The smallest absolute Gasteiger partial charge is 0.357 e. The quantitative estimate of drug-likeness (QED) is 0.328. The number of nitrogens with two attached hydrogens (primary N) is 2. The zero-order valence-electron chi connectivity index (χ0n) is 16.1. The normalized spacial score (nSPS) is 12.2. The Morgan fingerprint density at radius 1 is 1.13 bits per heavy atom. The van der Waals surface area contributed by atoms with Crippen LogP contribution in [0.1, 0.15) is 21.6 Å². The van der Waals surface area contributed by atoms with Crippen LogP contribution in [0.4, 0.5) is 6.01 Å². The standard InChI is InChI=1S/C20H19N5O5S/c21-17(13-4-2-1-3-5-13)15(10-12-6-8-14(9-7-12)31(23,28)29)18(22)25-20-24-16(11-30-20)19(26)27/h1-9,11,21H,10,22H2,(H,24,25)(H,26,27)(H2,23,28,29)/b18-15-,21-17?. The fourth-order valence-corrected chi connectivity index (χ4v) is 3.23. The first-order chi connectivity index (χ1) is 14.6. The Morgan fingerprint density at radius 2 is 1.77 bits per heavy atom. The number of anilines is 1. The molecule has 0 saturated heterocycles. The number of hydrogen-bond acceptors (Lipinski definition) is 8. The van der Waals surface area contributed by atoms with E-state index in [1.165, 1.54) is 12.1 Å². The molecule has 2 aromatic carbocycles. The summed E-state index contributed by atoms with van der Waals surface area (Å²) in [5.41, 5.74) is 7.64. The average molecular weight is 441 g/mol. The number of oxazole rings is 1. The van der Waals surface area contributed by atoms with E-state index in [-0.39, 0.29) is 34.6 Å². The summed E-state index contributed by atoms with van der Waals surface area (Å²) in [5.74, 6) is -1.23. The minimum Gasteiger partial charge on any atom is -0.476 e. The number of nitrogens with zero attached hydrogens (tertiary/aromatic N) is 1. The van der Waals surface area contributed by atoms with Crippen molar-refractivity contribution in [3.8, 4) is 0 Å². The Kier molecular flexibility index (Phi) is 6.18. The van der Waals surface area contributed by atoms with Crippen molar-refractivity contribution in [3.63, 3.8) is 0 Å². The summed E-state index contributed by atoms with van der Waals surface area (Å²) in [4.78, 5) is 14.7. The molecule has 0 saturated carbocycles. The van der Waals surface area contributed by atoms with E-state index in [9.17, 15) is 13.2 Å². The number of nitrogens with one attached hydrogen (secondary N) is 2. The summed E-state index contributed by atoms with van der Waals surface area (Å²) in [6.45, 7) is 0. The van der Waals surface area contributed by atoms with Gasteiger partial charge in [-0.05, 0) is 23.3 Å². The summed E-state index contributed by atoms with van der Waals surface area (Å²) in [7, 11) is -3.83. The van der Waals surface area contributed by atoms with Gasteiger partial charge in [0, 0.05) is 12.0 Å². The predicted octanol–water partition coefficient (Wildman–Crippen LogP) is 1.91. The van der Waals surface area contributed by atoms with Crippen molar-refractivity contribution in [1.29, 1.82) is 5.41 Å². The van der Waals surface area contributed by atoms with Gasteiger partial charge in [-0.1, -0.05) is 42.5 Å². The van der Waals surface area contributed by atoms with E-state index in [0.717, 1.165) is 6.26 Å². The first-order valence-electron chi connectivity index (χ1n) is 8.85. The van der Waals surface area contributed by atoms with Gasteiger partial charge in [0.25, 0.3) is 0 Å². The molecule has 7 N–H and O–H groups in total.